The van der Waals surface area contributed by atoms with Crippen LogP contribution in [0.15, 0.2) is 12.1 Å². The van der Waals surface area contributed by atoms with E-state index in [1.54, 1.807) is 0 Å². The van der Waals surface area contributed by atoms with Crippen LogP contribution in [0.2, 0.25) is 10.0 Å². The van der Waals surface area contributed by atoms with Crippen molar-refractivity contribution in [3.63, 3.8) is 0 Å². The normalized spacial score (nSPS) is 16.2. The molecule has 17 heavy (non-hydrogen) atoms. The van der Waals surface area contributed by atoms with Crippen LogP contribution in [0.1, 0.15) is 36.0 Å². The van der Waals surface area contributed by atoms with Gasteiger partial charge < -0.3 is 5.32 Å². The van der Waals surface area contributed by atoms with Gasteiger partial charge in [-0.25, -0.2) is 4.39 Å². The molecule has 1 amide bonds. The second-order valence-electron chi connectivity index (χ2n) is 4.20. The first-order chi connectivity index (χ1) is 8.08. The standard InChI is InChI=1S/C12H12Cl2FNO/c13-9-6-10(14)11(15)5-8(9)12(17)16-7-3-1-2-4-7/h5-7H,1-4H2,(H,16,17). The lowest BCUT2D eigenvalue weighted by atomic mass is 10.1. The molecule has 1 aliphatic carbocycles. The summed E-state index contributed by atoms with van der Waals surface area (Å²) in [5.41, 5.74) is 0.139. The molecular weight excluding hydrogens is 264 g/mol. The first kappa shape index (κ1) is 12.7. The number of halogens is 3. The van der Waals surface area contributed by atoms with Crippen LogP contribution in [0, 0.1) is 5.82 Å². The number of nitrogens with one attached hydrogen (secondary N) is 1. The molecule has 92 valence electrons. The summed E-state index contributed by atoms with van der Waals surface area (Å²) >= 11 is 11.4. The van der Waals surface area contributed by atoms with E-state index in [1.165, 1.54) is 6.07 Å². The molecule has 1 N–H and O–H groups in total. The number of rotatable bonds is 2. The maximum Gasteiger partial charge on any atom is 0.253 e. The van der Waals surface area contributed by atoms with Crippen LogP contribution in [-0.4, -0.2) is 11.9 Å². The maximum absolute atomic E-state index is 13.3. The summed E-state index contributed by atoms with van der Waals surface area (Å²) < 4.78 is 13.3. The Kier molecular flexibility index (Phi) is 3.89. The number of benzene rings is 1. The molecule has 0 atom stereocenters. The zero-order valence-corrected chi connectivity index (χ0v) is 10.6. The van der Waals surface area contributed by atoms with Gasteiger partial charge in [-0.15, -0.1) is 0 Å². The van der Waals surface area contributed by atoms with Crippen molar-refractivity contribution in [3.8, 4) is 0 Å². The van der Waals surface area contributed by atoms with Crippen molar-refractivity contribution in [3.05, 3.63) is 33.6 Å². The molecule has 1 aromatic carbocycles. The van der Waals surface area contributed by atoms with Crippen LogP contribution in [0.5, 0.6) is 0 Å². The van der Waals surface area contributed by atoms with Gasteiger partial charge in [-0.2, -0.15) is 0 Å². The quantitative estimate of drug-likeness (QED) is 0.818. The summed E-state index contributed by atoms with van der Waals surface area (Å²) in [6.45, 7) is 0. The van der Waals surface area contributed by atoms with Crippen molar-refractivity contribution >= 4 is 29.1 Å². The third-order valence-electron chi connectivity index (χ3n) is 2.94. The monoisotopic (exact) mass is 275 g/mol. The first-order valence-corrected chi connectivity index (χ1v) is 6.29. The lowest BCUT2D eigenvalue weighted by molar-refractivity contribution is 0.0937. The van der Waals surface area contributed by atoms with Gasteiger partial charge >= 0.3 is 0 Å². The minimum atomic E-state index is -0.632. The fourth-order valence-corrected chi connectivity index (χ4v) is 2.50. The number of amides is 1. The van der Waals surface area contributed by atoms with Crippen LogP contribution >= 0.6 is 23.2 Å². The van der Waals surface area contributed by atoms with Gasteiger partial charge in [-0.1, -0.05) is 36.0 Å². The molecule has 2 nitrogen and oxygen atoms in total. The van der Waals surface area contributed by atoms with E-state index in [2.05, 4.69) is 5.32 Å². The van der Waals surface area contributed by atoms with Gasteiger partial charge in [-0.3, -0.25) is 4.79 Å². The van der Waals surface area contributed by atoms with Crippen molar-refractivity contribution in [2.75, 3.05) is 0 Å². The topological polar surface area (TPSA) is 29.1 Å². The molecule has 0 spiro atoms. The molecule has 0 radical (unpaired) electrons. The summed E-state index contributed by atoms with van der Waals surface area (Å²) in [5.74, 6) is -0.967. The smallest absolute Gasteiger partial charge is 0.253 e. The molecule has 0 saturated heterocycles. The number of carbonyl (C=O) groups excluding carboxylic acids is 1. The third kappa shape index (κ3) is 2.90. The van der Waals surface area contributed by atoms with Crippen molar-refractivity contribution < 1.29 is 9.18 Å². The largest absolute Gasteiger partial charge is 0.349 e. The van der Waals surface area contributed by atoms with Crippen LogP contribution < -0.4 is 5.32 Å². The number of hydrogen-bond donors (Lipinski definition) is 1. The Morgan fingerprint density at radius 2 is 1.88 bits per heavy atom. The lowest BCUT2D eigenvalue weighted by Crippen LogP contribution is -2.32. The van der Waals surface area contributed by atoms with E-state index in [4.69, 9.17) is 23.2 Å². The van der Waals surface area contributed by atoms with E-state index in [-0.39, 0.29) is 27.6 Å². The SMILES string of the molecule is O=C(NC1CCCC1)c1cc(F)c(Cl)cc1Cl. The Bertz CT molecular complexity index is 444. The van der Waals surface area contributed by atoms with E-state index in [1.807, 2.05) is 0 Å². The second-order valence-corrected chi connectivity index (χ2v) is 5.02. The van der Waals surface area contributed by atoms with Gasteiger partial charge in [0.1, 0.15) is 5.82 Å². The summed E-state index contributed by atoms with van der Waals surface area (Å²) in [5, 5.41) is 2.95. The van der Waals surface area contributed by atoms with E-state index in [0.717, 1.165) is 31.7 Å². The van der Waals surface area contributed by atoms with E-state index >= 15 is 0 Å². The minimum absolute atomic E-state index is 0.0765. The highest BCUT2D eigenvalue weighted by Crippen LogP contribution is 2.25. The van der Waals surface area contributed by atoms with Gasteiger partial charge in [0.15, 0.2) is 0 Å². The molecule has 0 bridgehead atoms. The molecular formula is C12H12Cl2FNO. The Balaban J connectivity index is 2.15. The first-order valence-electron chi connectivity index (χ1n) is 5.53. The molecule has 1 saturated carbocycles. The van der Waals surface area contributed by atoms with Gasteiger partial charge in [0, 0.05) is 6.04 Å². The Labute approximate surface area is 109 Å². The predicted octanol–water partition coefficient (Wildman–Crippen LogP) is 3.80. The van der Waals surface area contributed by atoms with Gasteiger partial charge in [0.2, 0.25) is 0 Å². The molecule has 2 rings (SSSR count). The highest BCUT2D eigenvalue weighted by molar-refractivity contribution is 6.36. The summed E-state index contributed by atoms with van der Waals surface area (Å²) in [6.07, 6.45) is 4.18. The summed E-state index contributed by atoms with van der Waals surface area (Å²) in [4.78, 5) is 11.9. The fourth-order valence-electron chi connectivity index (χ4n) is 2.03. The molecule has 0 heterocycles. The molecule has 0 aliphatic heterocycles. The lowest BCUT2D eigenvalue weighted by Gasteiger charge is -2.13. The molecule has 0 aromatic heterocycles. The van der Waals surface area contributed by atoms with Crippen molar-refractivity contribution in [2.24, 2.45) is 0 Å². The second kappa shape index (κ2) is 5.23. The maximum atomic E-state index is 13.3. The molecule has 5 heteroatoms. The zero-order chi connectivity index (χ0) is 12.4. The van der Waals surface area contributed by atoms with E-state index in [0.29, 0.717) is 0 Å². The van der Waals surface area contributed by atoms with Crippen molar-refractivity contribution in [1.29, 1.82) is 0 Å². The van der Waals surface area contributed by atoms with Crippen molar-refractivity contribution in [2.45, 2.75) is 31.7 Å². The molecule has 1 aliphatic rings. The fraction of sp³-hybridized carbons (Fsp3) is 0.417. The van der Waals surface area contributed by atoms with Gasteiger partial charge in [-0.05, 0) is 25.0 Å². The average Bonchev–Trinajstić information content (AvgIpc) is 2.76. The van der Waals surface area contributed by atoms with E-state index < -0.39 is 5.82 Å². The van der Waals surface area contributed by atoms with E-state index in [9.17, 15) is 9.18 Å². The van der Waals surface area contributed by atoms with Gasteiger partial charge in [0.25, 0.3) is 5.91 Å². The van der Waals surface area contributed by atoms with Crippen molar-refractivity contribution in [1.82, 2.24) is 5.32 Å². The average molecular weight is 276 g/mol. The molecule has 1 aromatic rings. The van der Waals surface area contributed by atoms with Crippen LogP contribution in [-0.2, 0) is 0 Å². The third-order valence-corrected chi connectivity index (χ3v) is 3.55. The predicted molar refractivity (Wildman–Crippen MR) is 66.1 cm³/mol. The number of carbonyl (C=O) groups is 1. The highest BCUT2D eigenvalue weighted by Gasteiger charge is 2.20. The molecule has 0 unspecified atom stereocenters. The van der Waals surface area contributed by atoms with Crippen LogP contribution in [0.25, 0.3) is 0 Å². The summed E-state index contributed by atoms with van der Waals surface area (Å²) in [7, 11) is 0. The van der Waals surface area contributed by atoms with Crippen LogP contribution in [0.3, 0.4) is 0 Å². The zero-order valence-electron chi connectivity index (χ0n) is 9.10. The Morgan fingerprint density at radius 3 is 2.53 bits per heavy atom. The Morgan fingerprint density at radius 1 is 1.24 bits per heavy atom. The van der Waals surface area contributed by atoms with Gasteiger partial charge in [0.05, 0.1) is 15.6 Å². The highest BCUT2D eigenvalue weighted by atomic mass is 35.5. The molecule has 1 fully saturated rings. The number of hydrogen-bond acceptors (Lipinski definition) is 1. The minimum Gasteiger partial charge on any atom is -0.349 e. The Hall–Kier alpha value is -0.800. The van der Waals surface area contributed by atoms with Crippen LogP contribution in [0.4, 0.5) is 4.39 Å². The summed E-state index contributed by atoms with van der Waals surface area (Å²) in [6, 6.07) is 2.51.